The smallest absolute Gasteiger partial charge is 0.0959 e. The average molecular weight is 180 g/mol. The summed E-state index contributed by atoms with van der Waals surface area (Å²) in [6, 6.07) is 0. The molecule has 2 N–H and O–H groups in total. The molecule has 0 fully saturated rings. The summed E-state index contributed by atoms with van der Waals surface area (Å²) in [6.07, 6.45) is 8.80. The fourth-order valence-electron chi connectivity index (χ4n) is 1.39. The first-order chi connectivity index (χ1) is 6.13. The van der Waals surface area contributed by atoms with Gasteiger partial charge in [-0.25, -0.2) is 0 Å². The lowest BCUT2D eigenvalue weighted by Crippen LogP contribution is -2.35. The summed E-state index contributed by atoms with van der Waals surface area (Å²) in [5, 5.41) is 0. The largest absolute Gasteiger partial charge is 0.362 e. The quantitative estimate of drug-likeness (QED) is 0.720. The molecule has 1 aliphatic rings. The summed E-state index contributed by atoms with van der Waals surface area (Å²) < 4.78 is 0. The van der Waals surface area contributed by atoms with Gasteiger partial charge < -0.3 is 10.6 Å². The third-order valence-corrected chi connectivity index (χ3v) is 2.66. The van der Waals surface area contributed by atoms with Crippen LogP contribution in [0.25, 0.3) is 0 Å². The predicted molar refractivity (Wildman–Crippen MR) is 57.0 cm³/mol. The Bertz CT molecular complexity index is 218. The normalized spacial score (nSPS) is 24.5. The molecule has 1 heterocycles. The zero-order chi connectivity index (χ0) is 9.84. The SMILES string of the molecule is CCC(C)CC1=CC(N)N(C)C=C1. The summed E-state index contributed by atoms with van der Waals surface area (Å²) in [6.45, 7) is 4.50. The van der Waals surface area contributed by atoms with Crippen molar-refractivity contribution in [2.75, 3.05) is 7.05 Å². The van der Waals surface area contributed by atoms with Crippen LogP contribution < -0.4 is 5.73 Å². The zero-order valence-corrected chi connectivity index (χ0v) is 8.83. The van der Waals surface area contributed by atoms with Crippen LogP contribution in [-0.4, -0.2) is 18.1 Å². The lowest BCUT2D eigenvalue weighted by Gasteiger charge is -2.25. The number of likely N-dealkylation sites (N-methyl/N-ethyl adjacent to an activating group) is 1. The lowest BCUT2D eigenvalue weighted by molar-refractivity contribution is 0.383. The van der Waals surface area contributed by atoms with Crippen molar-refractivity contribution in [3.8, 4) is 0 Å². The van der Waals surface area contributed by atoms with Crippen LogP contribution in [0.2, 0.25) is 0 Å². The van der Waals surface area contributed by atoms with Crippen LogP contribution in [0.15, 0.2) is 23.9 Å². The van der Waals surface area contributed by atoms with Crippen molar-refractivity contribution >= 4 is 0 Å². The van der Waals surface area contributed by atoms with Gasteiger partial charge in [0, 0.05) is 13.2 Å². The van der Waals surface area contributed by atoms with Crippen LogP contribution in [0.3, 0.4) is 0 Å². The van der Waals surface area contributed by atoms with Crippen LogP contribution in [0.4, 0.5) is 0 Å². The molecule has 0 bridgehead atoms. The lowest BCUT2D eigenvalue weighted by atomic mass is 9.97. The maximum Gasteiger partial charge on any atom is 0.0959 e. The van der Waals surface area contributed by atoms with Gasteiger partial charge in [0.25, 0.3) is 0 Å². The van der Waals surface area contributed by atoms with E-state index in [1.54, 1.807) is 0 Å². The molecular formula is C11H20N2. The van der Waals surface area contributed by atoms with Crippen molar-refractivity contribution in [1.29, 1.82) is 0 Å². The first kappa shape index (κ1) is 10.3. The third kappa shape index (κ3) is 2.88. The van der Waals surface area contributed by atoms with Gasteiger partial charge in [0.2, 0.25) is 0 Å². The minimum Gasteiger partial charge on any atom is -0.362 e. The standard InChI is InChI=1S/C11H20N2/c1-4-9(2)7-10-5-6-13(3)11(12)8-10/h5-6,8-9,11H,4,7,12H2,1-3H3. The number of nitrogens with zero attached hydrogens (tertiary/aromatic N) is 1. The van der Waals surface area contributed by atoms with E-state index < -0.39 is 0 Å². The van der Waals surface area contributed by atoms with Gasteiger partial charge in [-0.2, -0.15) is 0 Å². The Hall–Kier alpha value is -0.760. The molecule has 0 aromatic heterocycles. The number of nitrogens with two attached hydrogens (primary N) is 1. The van der Waals surface area contributed by atoms with Gasteiger partial charge in [0.05, 0.1) is 6.17 Å². The maximum absolute atomic E-state index is 5.88. The number of hydrogen-bond donors (Lipinski definition) is 1. The van der Waals surface area contributed by atoms with Gasteiger partial charge in [-0.3, -0.25) is 0 Å². The van der Waals surface area contributed by atoms with Crippen molar-refractivity contribution < 1.29 is 0 Å². The molecule has 0 aliphatic carbocycles. The Morgan fingerprint density at radius 1 is 1.62 bits per heavy atom. The Morgan fingerprint density at radius 3 is 2.85 bits per heavy atom. The Labute approximate surface area is 81.1 Å². The van der Waals surface area contributed by atoms with Gasteiger partial charge in [-0.15, -0.1) is 0 Å². The zero-order valence-electron chi connectivity index (χ0n) is 8.83. The van der Waals surface area contributed by atoms with Gasteiger partial charge in [-0.1, -0.05) is 20.3 Å². The highest BCUT2D eigenvalue weighted by Crippen LogP contribution is 2.19. The van der Waals surface area contributed by atoms with E-state index in [1.807, 2.05) is 11.9 Å². The molecule has 0 aromatic carbocycles. The van der Waals surface area contributed by atoms with E-state index >= 15 is 0 Å². The molecule has 0 amide bonds. The first-order valence-electron chi connectivity index (χ1n) is 5.00. The van der Waals surface area contributed by atoms with Gasteiger partial charge in [-0.05, 0) is 30.1 Å². The number of rotatable bonds is 3. The van der Waals surface area contributed by atoms with Gasteiger partial charge in [0.15, 0.2) is 0 Å². The molecule has 1 aliphatic heterocycles. The minimum atomic E-state index is 0.0593. The van der Waals surface area contributed by atoms with Crippen molar-refractivity contribution in [3.05, 3.63) is 23.9 Å². The highest BCUT2D eigenvalue weighted by atomic mass is 15.2. The average Bonchev–Trinajstić information content (AvgIpc) is 2.11. The van der Waals surface area contributed by atoms with E-state index in [2.05, 4.69) is 32.2 Å². The molecule has 0 radical (unpaired) electrons. The molecule has 2 heteroatoms. The van der Waals surface area contributed by atoms with Gasteiger partial charge in [0.1, 0.15) is 0 Å². The van der Waals surface area contributed by atoms with Crippen molar-refractivity contribution in [2.45, 2.75) is 32.9 Å². The number of hydrogen-bond acceptors (Lipinski definition) is 2. The van der Waals surface area contributed by atoms with Crippen LogP contribution in [0.5, 0.6) is 0 Å². The van der Waals surface area contributed by atoms with Gasteiger partial charge >= 0.3 is 0 Å². The second-order valence-electron chi connectivity index (χ2n) is 3.93. The summed E-state index contributed by atoms with van der Waals surface area (Å²) in [7, 11) is 2.00. The topological polar surface area (TPSA) is 29.3 Å². The molecule has 1 rings (SSSR count). The van der Waals surface area contributed by atoms with E-state index in [0.29, 0.717) is 0 Å². The molecule has 0 spiro atoms. The van der Waals surface area contributed by atoms with Crippen molar-refractivity contribution in [3.63, 3.8) is 0 Å². The molecule has 0 aromatic rings. The molecular weight excluding hydrogens is 160 g/mol. The molecule has 0 saturated carbocycles. The highest BCUT2D eigenvalue weighted by Gasteiger charge is 2.10. The molecule has 2 nitrogen and oxygen atoms in total. The highest BCUT2D eigenvalue weighted by molar-refractivity contribution is 5.24. The number of allylic oxidation sites excluding steroid dienone is 2. The fourth-order valence-corrected chi connectivity index (χ4v) is 1.39. The van der Waals surface area contributed by atoms with Crippen molar-refractivity contribution in [2.24, 2.45) is 11.7 Å². The summed E-state index contributed by atoms with van der Waals surface area (Å²) in [4.78, 5) is 2.01. The molecule has 13 heavy (non-hydrogen) atoms. The Kier molecular flexibility index (Phi) is 3.55. The Morgan fingerprint density at radius 2 is 2.31 bits per heavy atom. The molecule has 74 valence electrons. The van der Waals surface area contributed by atoms with Crippen LogP contribution in [0, 0.1) is 5.92 Å². The summed E-state index contributed by atoms with van der Waals surface area (Å²) in [5.41, 5.74) is 7.26. The van der Waals surface area contributed by atoms with E-state index in [4.69, 9.17) is 5.73 Å². The maximum atomic E-state index is 5.88. The van der Waals surface area contributed by atoms with E-state index in [1.165, 1.54) is 12.0 Å². The minimum absolute atomic E-state index is 0.0593. The van der Waals surface area contributed by atoms with Crippen LogP contribution in [0.1, 0.15) is 26.7 Å². The third-order valence-electron chi connectivity index (χ3n) is 2.66. The van der Waals surface area contributed by atoms with Crippen LogP contribution in [-0.2, 0) is 0 Å². The van der Waals surface area contributed by atoms with E-state index in [9.17, 15) is 0 Å². The summed E-state index contributed by atoms with van der Waals surface area (Å²) >= 11 is 0. The first-order valence-corrected chi connectivity index (χ1v) is 5.00. The Balaban J connectivity index is 2.53. The monoisotopic (exact) mass is 180 g/mol. The second kappa shape index (κ2) is 4.47. The molecule has 2 atom stereocenters. The molecule has 2 unspecified atom stereocenters. The molecule has 0 saturated heterocycles. The van der Waals surface area contributed by atoms with E-state index in [-0.39, 0.29) is 6.17 Å². The second-order valence-corrected chi connectivity index (χ2v) is 3.93. The predicted octanol–water partition coefficient (Wildman–Crippen LogP) is 2.09. The summed E-state index contributed by atoms with van der Waals surface area (Å²) in [5.74, 6) is 0.756. The van der Waals surface area contributed by atoms with Crippen LogP contribution >= 0.6 is 0 Å². The fraction of sp³-hybridized carbons (Fsp3) is 0.636. The van der Waals surface area contributed by atoms with E-state index in [0.717, 1.165) is 12.3 Å². The van der Waals surface area contributed by atoms with Crippen molar-refractivity contribution in [1.82, 2.24) is 4.90 Å².